The number of anilines is 1. The predicted molar refractivity (Wildman–Crippen MR) is 104 cm³/mol. The molecule has 0 aliphatic rings. The van der Waals surface area contributed by atoms with Crippen molar-refractivity contribution in [3.8, 4) is 16.9 Å². The maximum Gasteiger partial charge on any atom is 0.320 e. The van der Waals surface area contributed by atoms with Crippen molar-refractivity contribution >= 4 is 46.1 Å². The summed E-state index contributed by atoms with van der Waals surface area (Å²) in [6.45, 7) is 3.73. The molecule has 0 saturated carbocycles. The number of urea groups is 1. The Kier molecular flexibility index (Phi) is 5.15. The lowest BCUT2D eigenvalue weighted by Crippen LogP contribution is -2.34. The zero-order valence-electron chi connectivity index (χ0n) is 14.0. The van der Waals surface area contributed by atoms with Crippen LogP contribution in [0.3, 0.4) is 0 Å². The Hall–Kier alpha value is -2.57. The summed E-state index contributed by atoms with van der Waals surface area (Å²) in [5.74, 6) is 0.190. The number of hydrogen-bond donors (Lipinski definition) is 3. The molecule has 0 fully saturated rings. The van der Waals surface area contributed by atoms with Crippen LogP contribution in [0.2, 0.25) is 10.0 Å². The molecule has 3 N–H and O–H groups in total. The lowest BCUT2D eigenvalue weighted by Gasteiger charge is -2.10. The highest BCUT2D eigenvalue weighted by Gasteiger charge is 2.10. The van der Waals surface area contributed by atoms with Gasteiger partial charge in [-0.15, -0.1) is 0 Å². The number of carbonyl (C=O) groups excluding carboxylic acids is 1. The second-order valence-corrected chi connectivity index (χ2v) is 6.81. The van der Waals surface area contributed by atoms with Gasteiger partial charge in [-0.1, -0.05) is 29.3 Å². The third-order valence-corrected chi connectivity index (χ3v) is 4.13. The van der Waals surface area contributed by atoms with E-state index in [2.05, 4.69) is 20.6 Å². The van der Waals surface area contributed by atoms with E-state index in [1.807, 2.05) is 32.0 Å². The van der Waals surface area contributed by atoms with E-state index in [4.69, 9.17) is 23.2 Å². The molecule has 0 radical (unpaired) electrons. The summed E-state index contributed by atoms with van der Waals surface area (Å²) in [7, 11) is 0. The molecule has 0 aliphatic heterocycles. The minimum absolute atomic E-state index is 0.0130. The largest absolute Gasteiger partial charge is 0.505 e. The predicted octanol–water partition coefficient (Wildman–Crippen LogP) is 4.84. The zero-order valence-corrected chi connectivity index (χ0v) is 15.6. The van der Waals surface area contributed by atoms with Crippen LogP contribution in [0.15, 0.2) is 36.5 Å². The summed E-state index contributed by atoms with van der Waals surface area (Å²) >= 11 is 12.0. The Morgan fingerprint density at radius 2 is 1.77 bits per heavy atom. The normalized spacial score (nSPS) is 11.0. The Morgan fingerprint density at radius 1 is 1.08 bits per heavy atom. The van der Waals surface area contributed by atoms with Gasteiger partial charge in [-0.3, -0.25) is 10.3 Å². The Labute approximate surface area is 160 Å². The van der Waals surface area contributed by atoms with Gasteiger partial charge >= 0.3 is 6.03 Å². The first-order chi connectivity index (χ1) is 12.3. The van der Waals surface area contributed by atoms with Crippen molar-refractivity contribution in [3.63, 3.8) is 0 Å². The molecule has 2 amide bonds. The maximum absolute atomic E-state index is 11.8. The average molecular weight is 391 g/mol. The molecule has 134 valence electrons. The number of phenols is 1. The highest BCUT2D eigenvalue weighted by atomic mass is 35.5. The van der Waals surface area contributed by atoms with Gasteiger partial charge in [-0.25, -0.2) is 9.78 Å². The quantitative estimate of drug-likeness (QED) is 0.596. The molecule has 0 aliphatic carbocycles. The van der Waals surface area contributed by atoms with E-state index in [9.17, 15) is 9.90 Å². The molecule has 0 atom stereocenters. The van der Waals surface area contributed by atoms with Crippen LogP contribution in [0, 0.1) is 0 Å². The fraction of sp³-hybridized carbons (Fsp3) is 0.167. The van der Waals surface area contributed by atoms with E-state index in [1.165, 1.54) is 6.20 Å². The van der Waals surface area contributed by atoms with Crippen LogP contribution in [0.4, 0.5) is 10.6 Å². The van der Waals surface area contributed by atoms with Crippen molar-refractivity contribution in [3.05, 3.63) is 46.6 Å². The zero-order chi connectivity index (χ0) is 18.8. The second-order valence-electron chi connectivity index (χ2n) is 6.00. The fourth-order valence-corrected chi connectivity index (χ4v) is 2.89. The molecule has 3 rings (SSSR count). The van der Waals surface area contributed by atoms with Crippen LogP contribution >= 0.6 is 23.2 Å². The van der Waals surface area contributed by atoms with Crippen molar-refractivity contribution in [2.45, 2.75) is 19.9 Å². The van der Waals surface area contributed by atoms with Gasteiger partial charge in [0.15, 0.2) is 11.6 Å². The van der Waals surface area contributed by atoms with Crippen LogP contribution in [0.1, 0.15) is 13.8 Å². The maximum atomic E-state index is 11.8. The van der Waals surface area contributed by atoms with Crippen molar-refractivity contribution in [2.75, 3.05) is 5.32 Å². The van der Waals surface area contributed by atoms with Gasteiger partial charge in [0.2, 0.25) is 0 Å². The summed E-state index contributed by atoms with van der Waals surface area (Å²) in [6, 6.07) is 8.39. The van der Waals surface area contributed by atoms with Gasteiger partial charge in [0, 0.05) is 6.04 Å². The van der Waals surface area contributed by atoms with Crippen molar-refractivity contribution < 1.29 is 9.90 Å². The molecule has 8 heteroatoms. The number of hydrogen-bond acceptors (Lipinski definition) is 4. The number of nitrogens with one attached hydrogen (secondary N) is 2. The third-order valence-electron chi connectivity index (χ3n) is 3.55. The molecule has 2 aromatic carbocycles. The molecule has 0 spiro atoms. The first-order valence-electron chi connectivity index (χ1n) is 7.86. The van der Waals surface area contributed by atoms with Gasteiger partial charge in [0.05, 0.1) is 27.3 Å². The number of amides is 2. The first kappa shape index (κ1) is 18.2. The van der Waals surface area contributed by atoms with Crippen LogP contribution in [0.5, 0.6) is 5.75 Å². The number of fused-ring (bicyclic) bond motifs is 1. The van der Waals surface area contributed by atoms with Gasteiger partial charge < -0.3 is 10.4 Å². The van der Waals surface area contributed by atoms with Gasteiger partial charge in [0.1, 0.15) is 0 Å². The van der Waals surface area contributed by atoms with E-state index in [-0.39, 0.29) is 27.9 Å². The Balaban J connectivity index is 1.96. The number of nitrogens with zero attached hydrogens (tertiary/aromatic N) is 2. The molecule has 1 heterocycles. The third kappa shape index (κ3) is 3.98. The molecular weight excluding hydrogens is 375 g/mol. The van der Waals surface area contributed by atoms with Crippen LogP contribution in [0.25, 0.3) is 22.2 Å². The molecular formula is C18H16Cl2N4O2. The lowest BCUT2D eigenvalue weighted by molar-refractivity contribution is 0.250. The molecule has 26 heavy (non-hydrogen) atoms. The van der Waals surface area contributed by atoms with E-state index in [1.54, 1.807) is 12.1 Å². The van der Waals surface area contributed by atoms with E-state index in [0.717, 1.165) is 11.1 Å². The molecule has 0 bridgehead atoms. The fourth-order valence-electron chi connectivity index (χ4n) is 2.40. The standard InChI is InChI=1S/C18H16Cl2N4O2/c1-9(2)22-18(26)24-16-8-21-14-4-3-10(7-15(14)23-16)11-5-12(19)17(25)13(20)6-11/h3-9,25H,1-2H3,(H2,22,23,24,26). The van der Waals surface area contributed by atoms with Gasteiger partial charge in [-0.2, -0.15) is 0 Å². The van der Waals surface area contributed by atoms with Crippen molar-refractivity contribution in [1.29, 1.82) is 0 Å². The average Bonchev–Trinajstić information content (AvgIpc) is 2.57. The summed E-state index contributed by atoms with van der Waals surface area (Å²) in [4.78, 5) is 20.5. The number of halogens is 2. The second kappa shape index (κ2) is 7.35. The Morgan fingerprint density at radius 3 is 2.42 bits per heavy atom. The highest BCUT2D eigenvalue weighted by molar-refractivity contribution is 6.37. The number of aromatic hydroxyl groups is 1. The monoisotopic (exact) mass is 390 g/mol. The molecule has 3 aromatic rings. The number of benzene rings is 2. The summed E-state index contributed by atoms with van der Waals surface area (Å²) in [5, 5.41) is 15.4. The highest BCUT2D eigenvalue weighted by Crippen LogP contribution is 2.36. The van der Waals surface area contributed by atoms with Crippen molar-refractivity contribution in [2.24, 2.45) is 0 Å². The van der Waals surface area contributed by atoms with Gasteiger partial charge in [0.25, 0.3) is 0 Å². The summed E-state index contributed by atoms with van der Waals surface area (Å²) in [5.41, 5.74) is 2.82. The molecule has 0 unspecified atom stereocenters. The smallest absolute Gasteiger partial charge is 0.320 e. The molecule has 0 saturated heterocycles. The summed E-state index contributed by atoms with van der Waals surface area (Å²) < 4.78 is 0. The first-order valence-corrected chi connectivity index (χ1v) is 8.62. The van der Waals surface area contributed by atoms with E-state index >= 15 is 0 Å². The van der Waals surface area contributed by atoms with Crippen LogP contribution < -0.4 is 10.6 Å². The number of phenolic OH excluding ortho intramolecular Hbond substituents is 1. The Bertz CT molecular complexity index is 969. The molecule has 6 nitrogen and oxygen atoms in total. The SMILES string of the molecule is CC(C)NC(=O)Nc1cnc2ccc(-c3cc(Cl)c(O)c(Cl)c3)cc2n1. The van der Waals surface area contributed by atoms with Gasteiger partial charge in [-0.05, 0) is 49.2 Å². The van der Waals surface area contributed by atoms with Crippen molar-refractivity contribution in [1.82, 2.24) is 15.3 Å². The summed E-state index contributed by atoms with van der Waals surface area (Å²) in [6.07, 6.45) is 1.50. The van der Waals surface area contributed by atoms with E-state index in [0.29, 0.717) is 16.9 Å². The minimum Gasteiger partial charge on any atom is -0.505 e. The van der Waals surface area contributed by atoms with Crippen LogP contribution in [-0.4, -0.2) is 27.1 Å². The number of carbonyl (C=O) groups is 1. The topological polar surface area (TPSA) is 87.1 Å². The number of aromatic nitrogens is 2. The number of rotatable bonds is 3. The minimum atomic E-state index is -0.345. The lowest BCUT2D eigenvalue weighted by atomic mass is 10.0. The molecule has 1 aromatic heterocycles. The van der Waals surface area contributed by atoms with Crippen LogP contribution in [-0.2, 0) is 0 Å². The van der Waals surface area contributed by atoms with E-state index < -0.39 is 0 Å².